The number of rotatable bonds is 4. The van der Waals surface area contributed by atoms with E-state index in [0.717, 1.165) is 0 Å². The van der Waals surface area contributed by atoms with Gasteiger partial charge in [-0.2, -0.15) is 0 Å². The minimum absolute atomic E-state index is 0. The fourth-order valence-corrected chi connectivity index (χ4v) is 0.239. The van der Waals surface area contributed by atoms with Crippen molar-refractivity contribution < 1.29 is 39.4 Å². The summed E-state index contributed by atoms with van der Waals surface area (Å²) in [7, 11) is 0. The molecular weight excluding hydrogens is 117 g/mol. The third-order valence-corrected chi connectivity index (χ3v) is 0.482. The topological polar surface area (TPSA) is 53.3 Å². The van der Waals surface area contributed by atoms with Gasteiger partial charge in [-0.15, -0.1) is 6.54 Å². The van der Waals surface area contributed by atoms with Crippen LogP contribution in [0.5, 0.6) is 0 Å². The van der Waals surface area contributed by atoms with Crippen molar-refractivity contribution in [3.8, 4) is 0 Å². The largest absolute Gasteiger partial charge is 1.00 e. The van der Waals surface area contributed by atoms with Crippen LogP contribution in [0.3, 0.4) is 0 Å². The molecule has 0 aliphatic rings. The molecule has 0 saturated carbocycles. The maximum absolute atomic E-state index is 8.11. The Labute approximate surface area is 71.5 Å². The number of hydrogen-bond donors (Lipinski definition) is 1. The molecule has 0 spiro atoms. The van der Waals surface area contributed by atoms with Gasteiger partial charge in [0.1, 0.15) is 0 Å². The summed E-state index contributed by atoms with van der Waals surface area (Å²) in [5.74, 6) is 0. The first-order chi connectivity index (χ1) is 3.41. The van der Waals surface area contributed by atoms with Crippen molar-refractivity contribution in [3.63, 3.8) is 0 Å². The van der Waals surface area contributed by atoms with E-state index in [4.69, 9.17) is 15.6 Å². The van der Waals surface area contributed by atoms with Crippen molar-refractivity contribution in [1.29, 1.82) is 0 Å². The first-order valence-electron chi connectivity index (χ1n) is 2.25. The van der Waals surface area contributed by atoms with E-state index < -0.39 is 0 Å². The van der Waals surface area contributed by atoms with Crippen LogP contribution in [-0.4, -0.2) is 31.5 Å². The molecule has 0 atom stereocenters. The second-order valence-corrected chi connectivity index (χ2v) is 1.09. The van der Waals surface area contributed by atoms with E-state index in [2.05, 4.69) is 0 Å². The standard InChI is InChI=1S/C4H10NO2.Na/c5-1-3-7-4-2-6;/h5-6H,1-4H2;/q-1;+1. The number of nitrogens with one attached hydrogen (secondary N) is 1. The van der Waals surface area contributed by atoms with Crippen molar-refractivity contribution >= 4 is 0 Å². The van der Waals surface area contributed by atoms with Crippen LogP contribution < -0.4 is 29.6 Å². The zero-order chi connectivity index (χ0) is 5.54. The van der Waals surface area contributed by atoms with Gasteiger partial charge in [-0.05, 0) is 0 Å². The van der Waals surface area contributed by atoms with Gasteiger partial charge < -0.3 is 15.6 Å². The van der Waals surface area contributed by atoms with E-state index in [0.29, 0.717) is 13.2 Å². The van der Waals surface area contributed by atoms with Gasteiger partial charge in [0.2, 0.25) is 0 Å². The molecule has 44 valence electrons. The number of aliphatic hydroxyl groups excluding tert-OH is 1. The van der Waals surface area contributed by atoms with Crippen LogP contribution in [0.25, 0.3) is 5.73 Å². The fraction of sp³-hybridized carbons (Fsp3) is 1.00. The van der Waals surface area contributed by atoms with Crippen LogP contribution in [0.1, 0.15) is 0 Å². The number of hydrogen-bond acceptors (Lipinski definition) is 2. The average Bonchev–Trinajstić information content (AvgIpc) is 1.69. The molecular formula is C4H10NNaO2. The normalized spacial score (nSPS) is 8.25. The van der Waals surface area contributed by atoms with Gasteiger partial charge in [-0.25, -0.2) is 0 Å². The molecule has 0 aliphatic heterocycles. The first kappa shape index (κ1) is 11.6. The molecule has 2 N–H and O–H groups in total. The average molecular weight is 127 g/mol. The Balaban J connectivity index is 0. The van der Waals surface area contributed by atoms with Crippen LogP contribution in [0, 0.1) is 0 Å². The van der Waals surface area contributed by atoms with Crippen molar-refractivity contribution in [2.75, 3.05) is 26.4 Å². The Hall–Kier alpha value is 0.880. The van der Waals surface area contributed by atoms with E-state index >= 15 is 0 Å². The van der Waals surface area contributed by atoms with E-state index in [-0.39, 0.29) is 42.7 Å². The van der Waals surface area contributed by atoms with Crippen LogP contribution in [0.15, 0.2) is 0 Å². The molecule has 0 unspecified atom stereocenters. The molecule has 0 aromatic rings. The quantitative estimate of drug-likeness (QED) is 0.324. The Morgan fingerprint density at radius 1 is 1.38 bits per heavy atom. The molecule has 0 aromatic carbocycles. The summed E-state index contributed by atoms with van der Waals surface area (Å²) in [4.78, 5) is 0. The maximum Gasteiger partial charge on any atom is 1.00 e. The second kappa shape index (κ2) is 10.8. The Kier molecular flexibility index (Phi) is 15.7. The van der Waals surface area contributed by atoms with Gasteiger partial charge in [0.05, 0.1) is 13.2 Å². The molecule has 0 aromatic heterocycles. The predicted octanol–water partition coefficient (Wildman–Crippen LogP) is -2.95. The zero-order valence-corrected chi connectivity index (χ0v) is 7.18. The smallest absolute Gasteiger partial charge is 0.676 e. The predicted molar refractivity (Wildman–Crippen MR) is 27.1 cm³/mol. The summed E-state index contributed by atoms with van der Waals surface area (Å²) in [6.07, 6.45) is 0. The Bertz CT molecular complexity index is 33.2. The summed E-state index contributed by atoms with van der Waals surface area (Å²) < 4.78 is 4.69. The molecule has 4 heteroatoms. The van der Waals surface area contributed by atoms with Crippen molar-refractivity contribution in [2.24, 2.45) is 0 Å². The summed E-state index contributed by atoms with van der Waals surface area (Å²) in [5.41, 5.74) is 6.57. The van der Waals surface area contributed by atoms with Crippen LogP contribution in [0.2, 0.25) is 0 Å². The van der Waals surface area contributed by atoms with Gasteiger partial charge >= 0.3 is 29.6 Å². The Morgan fingerprint density at radius 2 is 2.00 bits per heavy atom. The van der Waals surface area contributed by atoms with Gasteiger partial charge in [-0.3, -0.25) is 0 Å². The first-order valence-corrected chi connectivity index (χ1v) is 2.25. The van der Waals surface area contributed by atoms with Crippen molar-refractivity contribution in [3.05, 3.63) is 5.73 Å². The van der Waals surface area contributed by atoms with Crippen molar-refractivity contribution in [1.82, 2.24) is 0 Å². The summed E-state index contributed by atoms with van der Waals surface area (Å²) >= 11 is 0. The number of aliphatic hydroxyl groups is 1. The molecule has 0 bridgehead atoms. The van der Waals surface area contributed by atoms with Gasteiger partial charge in [0.25, 0.3) is 0 Å². The van der Waals surface area contributed by atoms with E-state index in [1.807, 2.05) is 0 Å². The van der Waals surface area contributed by atoms with Crippen molar-refractivity contribution in [2.45, 2.75) is 0 Å². The molecule has 8 heavy (non-hydrogen) atoms. The minimum Gasteiger partial charge on any atom is -0.676 e. The molecule has 0 radical (unpaired) electrons. The molecule has 0 amide bonds. The minimum atomic E-state index is 0. The molecule has 0 aliphatic carbocycles. The van der Waals surface area contributed by atoms with E-state index in [1.54, 1.807) is 0 Å². The summed E-state index contributed by atoms with van der Waals surface area (Å²) in [6.45, 7) is 1.12. The van der Waals surface area contributed by atoms with Gasteiger partial charge in [0, 0.05) is 6.61 Å². The maximum atomic E-state index is 8.11. The van der Waals surface area contributed by atoms with E-state index in [1.165, 1.54) is 0 Å². The molecule has 0 fully saturated rings. The summed E-state index contributed by atoms with van der Waals surface area (Å²) in [6, 6.07) is 0. The molecule has 0 heterocycles. The van der Waals surface area contributed by atoms with Crippen LogP contribution >= 0.6 is 0 Å². The number of ether oxygens (including phenoxy) is 1. The third kappa shape index (κ3) is 9.99. The SMILES string of the molecule is [NH-]CCOCCO.[Na+]. The van der Waals surface area contributed by atoms with Gasteiger partial charge in [0.15, 0.2) is 0 Å². The third-order valence-electron chi connectivity index (χ3n) is 0.482. The molecule has 0 saturated heterocycles. The second-order valence-electron chi connectivity index (χ2n) is 1.09. The van der Waals surface area contributed by atoms with Crippen LogP contribution in [-0.2, 0) is 4.74 Å². The monoisotopic (exact) mass is 127 g/mol. The Morgan fingerprint density at radius 3 is 2.38 bits per heavy atom. The molecule has 0 rings (SSSR count). The van der Waals surface area contributed by atoms with Gasteiger partial charge in [-0.1, -0.05) is 0 Å². The van der Waals surface area contributed by atoms with Crippen LogP contribution in [0.4, 0.5) is 0 Å². The molecule has 3 nitrogen and oxygen atoms in total. The zero-order valence-electron chi connectivity index (χ0n) is 5.18. The fourth-order valence-electron chi connectivity index (χ4n) is 0.239. The summed E-state index contributed by atoms with van der Waals surface area (Å²) in [5, 5.41) is 8.11. The van der Waals surface area contributed by atoms with E-state index in [9.17, 15) is 0 Å².